The number of aldehydes is 1. The Hall–Kier alpha value is -0.800. The van der Waals surface area contributed by atoms with E-state index in [4.69, 9.17) is 4.74 Å². The summed E-state index contributed by atoms with van der Waals surface area (Å²) in [5.74, 6) is 0. The average Bonchev–Trinajstić information content (AvgIpc) is 2.19. The smallest absolute Gasteiger partial charge is 0.135 e. The number of methoxy groups -OCH3 is 1. The fourth-order valence-electron chi connectivity index (χ4n) is 0.939. The molecule has 1 aromatic rings. The molecule has 0 amide bonds. The van der Waals surface area contributed by atoms with Crippen molar-refractivity contribution >= 4 is 18.0 Å². The normalized spacial score (nSPS) is 12.4. The fraction of sp³-hybridized carbons (Fsp3) is 0.300. The molecule has 0 aromatic heterocycles. The van der Waals surface area contributed by atoms with Gasteiger partial charge in [-0.3, -0.25) is 0 Å². The molecule has 0 bridgehead atoms. The molecule has 0 heterocycles. The monoisotopic (exact) mass is 196 g/mol. The van der Waals surface area contributed by atoms with Crippen LogP contribution in [0.15, 0.2) is 35.2 Å². The average molecular weight is 196 g/mol. The maximum absolute atomic E-state index is 10.6. The van der Waals surface area contributed by atoms with Gasteiger partial charge >= 0.3 is 0 Å². The lowest BCUT2D eigenvalue weighted by molar-refractivity contribution is -0.108. The number of benzene rings is 1. The number of hydrogen-bond donors (Lipinski definition) is 0. The molecule has 0 unspecified atom stereocenters. The molecule has 0 saturated carbocycles. The quantitative estimate of drug-likeness (QED) is 0.532. The van der Waals surface area contributed by atoms with Gasteiger partial charge in [-0.25, -0.2) is 0 Å². The maximum Gasteiger partial charge on any atom is 0.135 e. The van der Waals surface area contributed by atoms with E-state index >= 15 is 0 Å². The van der Waals surface area contributed by atoms with Crippen LogP contribution in [0.4, 0.5) is 0 Å². The first kappa shape index (κ1) is 10.3. The summed E-state index contributed by atoms with van der Waals surface area (Å²) in [5, 5.41) is -0.104. The first-order valence-corrected chi connectivity index (χ1v) is 4.90. The topological polar surface area (TPSA) is 26.3 Å². The van der Waals surface area contributed by atoms with Crippen molar-refractivity contribution in [3.05, 3.63) is 30.3 Å². The van der Waals surface area contributed by atoms with Crippen LogP contribution in [-0.4, -0.2) is 25.3 Å². The Morgan fingerprint density at radius 2 is 2.15 bits per heavy atom. The van der Waals surface area contributed by atoms with E-state index in [1.165, 1.54) is 11.8 Å². The minimum atomic E-state index is -0.104. The largest absolute Gasteiger partial charge is 0.383 e. The van der Waals surface area contributed by atoms with Gasteiger partial charge in [-0.15, -0.1) is 11.8 Å². The lowest BCUT2D eigenvalue weighted by Crippen LogP contribution is -2.11. The fourth-order valence-corrected chi connectivity index (χ4v) is 1.86. The molecule has 0 aliphatic rings. The first-order chi connectivity index (χ1) is 6.36. The van der Waals surface area contributed by atoms with Gasteiger partial charge in [-0.2, -0.15) is 0 Å². The number of thioether (sulfide) groups is 1. The SMILES string of the molecule is COC[C@H](C=O)Sc1ccccc1. The van der Waals surface area contributed by atoms with Crippen molar-refractivity contribution in [3.8, 4) is 0 Å². The molecule has 3 heteroatoms. The third-order valence-corrected chi connectivity index (χ3v) is 2.61. The third-order valence-electron chi connectivity index (χ3n) is 1.51. The molecule has 0 saturated heterocycles. The summed E-state index contributed by atoms with van der Waals surface area (Å²) in [4.78, 5) is 11.7. The Kier molecular flexibility index (Phi) is 4.57. The highest BCUT2D eigenvalue weighted by Gasteiger charge is 2.07. The van der Waals surface area contributed by atoms with Crippen molar-refractivity contribution < 1.29 is 9.53 Å². The standard InChI is InChI=1S/C10H12O2S/c1-12-8-10(7-11)13-9-5-3-2-4-6-9/h2-7,10H,8H2,1H3/t10-/m0/s1. The Bertz CT molecular complexity index is 248. The second kappa shape index (κ2) is 5.78. The lowest BCUT2D eigenvalue weighted by atomic mass is 10.4. The van der Waals surface area contributed by atoms with E-state index in [0.717, 1.165) is 11.2 Å². The van der Waals surface area contributed by atoms with Crippen LogP contribution in [0, 0.1) is 0 Å². The second-order valence-electron chi connectivity index (χ2n) is 2.56. The molecular formula is C10H12O2S. The highest BCUT2D eigenvalue weighted by Crippen LogP contribution is 2.21. The first-order valence-electron chi connectivity index (χ1n) is 4.02. The van der Waals surface area contributed by atoms with E-state index in [-0.39, 0.29) is 5.25 Å². The zero-order valence-electron chi connectivity index (χ0n) is 7.47. The van der Waals surface area contributed by atoms with Gasteiger partial charge in [0.05, 0.1) is 11.9 Å². The number of ether oxygens (including phenoxy) is 1. The molecule has 0 N–H and O–H groups in total. The van der Waals surface area contributed by atoms with Crippen LogP contribution in [0.25, 0.3) is 0 Å². The summed E-state index contributed by atoms with van der Waals surface area (Å²) in [6.45, 7) is 0.461. The van der Waals surface area contributed by atoms with Gasteiger partial charge in [0.15, 0.2) is 0 Å². The van der Waals surface area contributed by atoms with Gasteiger partial charge < -0.3 is 9.53 Å². The number of carbonyl (C=O) groups excluding carboxylic acids is 1. The number of rotatable bonds is 5. The summed E-state index contributed by atoms with van der Waals surface area (Å²) in [6.07, 6.45) is 0.918. The maximum atomic E-state index is 10.6. The molecule has 1 aromatic carbocycles. The summed E-state index contributed by atoms with van der Waals surface area (Å²) in [5.41, 5.74) is 0. The molecular weight excluding hydrogens is 184 g/mol. The van der Waals surface area contributed by atoms with Crippen molar-refractivity contribution in [1.29, 1.82) is 0 Å². The number of carbonyl (C=O) groups is 1. The summed E-state index contributed by atoms with van der Waals surface area (Å²) in [7, 11) is 1.60. The molecule has 70 valence electrons. The van der Waals surface area contributed by atoms with Crippen molar-refractivity contribution in [2.45, 2.75) is 10.1 Å². The predicted molar refractivity (Wildman–Crippen MR) is 54.0 cm³/mol. The lowest BCUT2D eigenvalue weighted by Gasteiger charge is -2.07. The van der Waals surface area contributed by atoms with Crippen LogP contribution in [0.5, 0.6) is 0 Å². The Morgan fingerprint density at radius 3 is 2.69 bits per heavy atom. The Labute approximate surface area is 82.3 Å². The van der Waals surface area contributed by atoms with Crippen LogP contribution >= 0.6 is 11.8 Å². The second-order valence-corrected chi connectivity index (χ2v) is 3.87. The minimum absolute atomic E-state index is 0.104. The molecule has 0 radical (unpaired) electrons. The number of hydrogen-bond acceptors (Lipinski definition) is 3. The molecule has 0 aliphatic heterocycles. The summed E-state index contributed by atoms with van der Waals surface area (Å²) < 4.78 is 4.91. The molecule has 0 aliphatic carbocycles. The van der Waals surface area contributed by atoms with Gasteiger partial charge in [-0.05, 0) is 12.1 Å². The molecule has 13 heavy (non-hydrogen) atoms. The van der Waals surface area contributed by atoms with Crippen molar-refractivity contribution in [3.63, 3.8) is 0 Å². The zero-order chi connectivity index (χ0) is 9.52. The highest BCUT2D eigenvalue weighted by atomic mass is 32.2. The molecule has 2 nitrogen and oxygen atoms in total. The summed E-state index contributed by atoms with van der Waals surface area (Å²) >= 11 is 1.52. The van der Waals surface area contributed by atoms with Gasteiger partial charge in [-0.1, -0.05) is 18.2 Å². The summed E-state index contributed by atoms with van der Waals surface area (Å²) in [6, 6.07) is 9.83. The highest BCUT2D eigenvalue weighted by molar-refractivity contribution is 8.00. The van der Waals surface area contributed by atoms with Gasteiger partial charge in [0, 0.05) is 12.0 Å². The van der Waals surface area contributed by atoms with Crippen LogP contribution in [0.2, 0.25) is 0 Å². The van der Waals surface area contributed by atoms with Crippen molar-refractivity contribution in [2.75, 3.05) is 13.7 Å². The Balaban J connectivity index is 2.51. The third kappa shape index (κ3) is 3.61. The van der Waals surface area contributed by atoms with Crippen molar-refractivity contribution in [2.24, 2.45) is 0 Å². The van der Waals surface area contributed by atoms with E-state index < -0.39 is 0 Å². The van der Waals surface area contributed by atoms with Gasteiger partial charge in [0.1, 0.15) is 6.29 Å². The Morgan fingerprint density at radius 1 is 1.46 bits per heavy atom. The van der Waals surface area contributed by atoms with Gasteiger partial charge in [0.2, 0.25) is 0 Å². The van der Waals surface area contributed by atoms with Crippen LogP contribution < -0.4 is 0 Å². The molecule has 1 atom stereocenters. The van der Waals surface area contributed by atoms with Crippen molar-refractivity contribution in [1.82, 2.24) is 0 Å². The van der Waals surface area contributed by atoms with E-state index in [9.17, 15) is 4.79 Å². The zero-order valence-corrected chi connectivity index (χ0v) is 8.29. The van der Waals surface area contributed by atoms with Gasteiger partial charge in [0.25, 0.3) is 0 Å². The van der Waals surface area contributed by atoms with Crippen LogP contribution in [-0.2, 0) is 9.53 Å². The van der Waals surface area contributed by atoms with E-state index in [1.807, 2.05) is 30.3 Å². The molecule has 1 rings (SSSR count). The van der Waals surface area contributed by atoms with E-state index in [1.54, 1.807) is 7.11 Å². The van der Waals surface area contributed by atoms with E-state index in [2.05, 4.69) is 0 Å². The van der Waals surface area contributed by atoms with Crippen LogP contribution in [0.1, 0.15) is 0 Å². The van der Waals surface area contributed by atoms with Crippen LogP contribution in [0.3, 0.4) is 0 Å². The molecule has 0 fully saturated rings. The minimum Gasteiger partial charge on any atom is -0.383 e. The predicted octanol–water partition coefficient (Wildman–Crippen LogP) is 1.99. The molecule has 0 spiro atoms. The van der Waals surface area contributed by atoms with E-state index in [0.29, 0.717) is 6.61 Å².